The zero-order chi connectivity index (χ0) is 22.9. The lowest BCUT2D eigenvalue weighted by Gasteiger charge is -2.27. The summed E-state index contributed by atoms with van der Waals surface area (Å²) in [7, 11) is 1.60. The molecule has 4 aromatic rings. The second-order valence-corrected chi connectivity index (χ2v) is 7.67. The third-order valence-electron chi connectivity index (χ3n) is 5.72. The van der Waals surface area contributed by atoms with Gasteiger partial charge in [0.15, 0.2) is 5.78 Å². The maximum atomic E-state index is 13.2. The summed E-state index contributed by atoms with van der Waals surface area (Å²) in [6.45, 7) is 0. The molecular weight excluding hydrogens is 414 g/mol. The number of ketones is 1. The van der Waals surface area contributed by atoms with Crippen LogP contribution < -0.4 is 9.64 Å². The van der Waals surface area contributed by atoms with Gasteiger partial charge in [-0.2, -0.15) is 0 Å². The lowest BCUT2D eigenvalue weighted by molar-refractivity contribution is 0.0893. The number of nitrogens with zero attached hydrogens (tertiary/aromatic N) is 1. The van der Waals surface area contributed by atoms with Gasteiger partial charge in [-0.05, 0) is 65.6 Å². The van der Waals surface area contributed by atoms with E-state index in [0.717, 1.165) is 16.7 Å². The molecule has 0 saturated heterocycles. The molecule has 1 aliphatic heterocycles. The Balaban J connectivity index is 1.40. The summed E-state index contributed by atoms with van der Waals surface area (Å²) in [6, 6.07) is 24.7. The number of allylic oxidation sites excluding steroid dienone is 1. The Bertz CT molecular complexity index is 1380. The Hall–Kier alpha value is -4.51. The first-order valence-corrected chi connectivity index (χ1v) is 10.4. The lowest BCUT2D eigenvalue weighted by atomic mass is 9.93. The van der Waals surface area contributed by atoms with Gasteiger partial charge in [-0.15, -0.1) is 0 Å². The van der Waals surface area contributed by atoms with Crippen molar-refractivity contribution in [3.8, 4) is 5.75 Å². The van der Waals surface area contributed by atoms with E-state index in [-0.39, 0.29) is 17.6 Å². The van der Waals surface area contributed by atoms with Gasteiger partial charge < -0.3 is 4.74 Å². The molecule has 0 radical (unpaired) electrons. The average Bonchev–Trinajstić information content (AvgIpc) is 2.86. The monoisotopic (exact) mass is 433 g/mol. The zero-order valence-electron chi connectivity index (χ0n) is 17.8. The molecule has 2 amide bonds. The molecule has 0 atom stereocenters. The molecular formula is C28H19NO4. The number of rotatable bonds is 5. The third-order valence-corrected chi connectivity index (χ3v) is 5.72. The predicted octanol–water partition coefficient (Wildman–Crippen LogP) is 5.55. The van der Waals surface area contributed by atoms with Crippen molar-refractivity contribution in [2.45, 2.75) is 0 Å². The van der Waals surface area contributed by atoms with Gasteiger partial charge in [0.05, 0.1) is 12.8 Å². The molecule has 0 aromatic heterocycles. The number of amides is 2. The molecule has 4 aromatic carbocycles. The van der Waals surface area contributed by atoms with Crippen LogP contribution in [0.4, 0.5) is 5.69 Å². The van der Waals surface area contributed by atoms with Crippen LogP contribution in [-0.2, 0) is 0 Å². The van der Waals surface area contributed by atoms with E-state index in [1.54, 1.807) is 49.6 Å². The molecule has 160 valence electrons. The van der Waals surface area contributed by atoms with Crippen molar-refractivity contribution in [3.63, 3.8) is 0 Å². The fourth-order valence-corrected chi connectivity index (χ4v) is 4.02. The van der Waals surface area contributed by atoms with Gasteiger partial charge in [-0.1, -0.05) is 42.5 Å². The zero-order valence-corrected chi connectivity index (χ0v) is 17.8. The van der Waals surface area contributed by atoms with Crippen LogP contribution in [0, 0.1) is 0 Å². The molecule has 0 aliphatic carbocycles. The van der Waals surface area contributed by atoms with Crippen molar-refractivity contribution in [2.75, 3.05) is 12.0 Å². The second-order valence-electron chi connectivity index (χ2n) is 7.67. The van der Waals surface area contributed by atoms with E-state index in [1.165, 1.54) is 11.0 Å². The third kappa shape index (κ3) is 3.59. The van der Waals surface area contributed by atoms with Gasteiger partial charge in [0.1, 0.15) is 5.75 Å². The molecule has 0 N–H and O–H groups in total. The van der Waals surface area contributed by atoms with Crippen molar-refractivity contribution in [2.24, 2.45) is 0 Å². The van der Waals surface area contributed by atoms with Crippen LogP contribution in [0.1, 0.15) is 36.6 Å². The number of carbonyl (C=O) groups is 3. The van der Waals surface area contributed by atoms with Crippen molar-refractivity contribution in [3.05, 3.63) is 113 Å². The smallest absolute Gasteiger partial charge is 0.265 e. The minimum atomic E-state index is -0.372. The second kappa shape index (κ2) is 8.20. The summed E-state index contributed by atoms with van der Waals surface area (Å²) in [5, 5.41) is 1.54. The van der Waals surface area contributed by atoms with Crippen molar-refractivity contribution < 1.29 is 19.1 Å². The highest BCUT2D eigenvalue weighted by atomic mass is 16.5. The van der Waals surface area contributed by atoms with Crippen LogP contribution in [0.3, 0.4) is 0 Å². The van der Waals surface area contributed by atoms with Crippen molar-refractivity contribution >= 4 is 40.1 Å². The van der Waals surface area contributed by atoms with E-state index in [1.807, 2.05) is 48.5 Å². The molecule has 0 unspecified atom stereocenters. The van der Waals surface area contributed by atoms with Crippen LogP contribution in [0.2, 0.25) is 0 Å². The van der Waals surface area contributed by atoms with Gasteiger partial charge in [0, 0.05) is 22.1 Å². The molecule has 5 heteroatoms. The summed E-state index contributed by atoms with van der Waals surface area (Å²) in [6.07, 6.45) is 3.22. The Kier molecular flexibility index (Phi) is 5.07. The largest absolute Gasteiger partial charge is 0.497 e. The van der Waals surface area contributed by atoms with E-state index in [9.17, 15) is 14.4 Å². The number of anilines is 1. The molecule has 1 aliphatic rings. The topological polar surface area (TPSA) is 63.7 Å². The number of ether oxygens (including phenoxy) is 1. The minimum Gasteiger partial charge on any atom is -0.497 e. The van der Waals surface area contributed by atoms with Crippen molar-refractivity contribution in [1.82, 2.24) is 0 Å². The van der Waals surface area contributed by atoms with Crippen LogP contribution in [0.25, 0.3) is 16.8 Å². The number of hydrogen-bond acceptors (Lipinski definition) is 4. The van der Waals surface area contributed by atoms with Crippen LogP contribution in [-0.4, -0.2) is 24.7 Å². The van der Waals surface area contributed by atoms with Crippen LogP contribution in [0.15, 0.2) is 91.0 Å². The van der Waals surface area contributed by atoms with E-state index in [0.29, 0.717) is 27.8 Å². The van der Waals surface area contributed by atoms with E-state index < -0.39 is 0 Å². The van der Waals surface area contributed by atoms with E-state index >= 15 is 0 Å². The Morgan fingerprint density at radius 2 is 1.39 bits per heavy atom. The van der Waals surface area contributed by atoms with E-state index in [2.05, 4.69) is 0 Å². The van der Waals surface area contributed by atoms with Gasteiger partial charge in [-0.25, -0.2) is 4.90 Å². The highest BCUT2D eigenvalue weighted by Gasteiger charge is 2.33. The summed E-state index contributed by atoms with van der Waals surface area (Å²) in [4.78, 5) is 40.1. The Morgan fingerprint density at radius 1 is 0.788 bits per heavy atom. The first-order valence-electron chi connectivity index (χ1n) is 10.4. The molecule has 0 bridgehead atoms. The number of hydrogen-bond donors (Lipinski definition) is 0. The maximum absolute atomic E-state index is 13.2. The SMILES string of the molecule is COc1ccc(C=CC(=O)c2ccc(N3C(=O)c4cccc5cccc(c45)C3=O)cc2)cc1. The number of benzene rings is 4. The number of carbonyl (C=O) groups excluding carboxylic acids is 3. The summed E-state index contributed by atoms with van der Waals surface area (Å²) >= 11 is 0. The van der Waals surface area contributed by atoms with Gasteiger partial charge in [0.25, 0.3) is 11.8 Å². The average molecular weight is 433 g/mol. The standard InChI is InChI=1S/C28H19NO4/c1-33-22-15-8-18(9-16-22)10-17-25(30)19-11-13-21(14-12-19)29-27(31)23-6-2-4-20-5-3-7-24(26(20)23)28(29)32/h2-17H,1H3. The van der Waals surface area contributed by atoms with E-state index in [4.69, 9.17) is 4.74 Å². The van der Waals surface area contributed by atoms with Crippen molar-refractivity contribution in [1.29, 1.82) is 0 Å². The molecule has 0 fully saturated rings. The highest BCUT2D eigenvalue weighted by molar-refractivity contribution is 6.35. The Labute approximate surface area is 190 Å². The lowest BCUT2D eigenvalue weighted by Crippen LogP contribution is -2.40. The van der Waals surface area contributed by atoms with Gasteiger partial charge >= 0.3 is 0 Å². The molecule has 5 nitrogen and oxygen atoms in total. The molecule has 0 spiro atoms. The predicted molar refractivity (Wildman–Crippen MR) is 128 cm³/mol. The fraction of sp³-hybridized carbons (Fsp3) is 0.0357. The summed E-state index contributed by atoms with van der Waals surface area (Å²) < 4.78 is 5.13. The maximum Gasteiger partial charge on any atom is 0.265 e. The van der Waals surface area contributed by atoms with Crippen LogP contribution in [0.5, 0.6) is 5.75 Å². The molecule has 33 heavy (non-hydrogen) atoms. The highest BCUT2D eigenvalue weighted by Crippen LogP contribution is 2.32. The molecule has 0 saturated carbocycles. The summed E-state index contributed by atoms with van der Waals surface area (Å²) in [5.41, 5.74) is 2.74. The molecule has 5 rings (SSSR count). The fourth-order valence-electron chi connectivity index (χ4n) is 4.02. The normalized spacial score (nSPS) is 13.1. The Morgan fingerprint density at radius 3 is 1.97 bits per heavy atom. The number of imide groups is 1. The number of methoxy groups -OCH3 is 1. The van der Waals surface area contributed by atoms with Gasteiger partial charge in [0.2, 0.25) is 0 Å². The van der Waals surface area contributed by atoms with Crippen LogP contribution >= 0.6 is 0 Å². The molecule has 1 heterocycles. The first-order chi connectivity index (χ1) is 16.1. The first kappa shape index (κ1) is 20.4. The van der Waals surface area contributed by atoms with Gasteiger partial charge in [-0.3, -0.25) is 14.4 Å². The minimum absolute atomic E-state index is 0.177. The summed E-state index contributed by atoms with van der Waals surface area (Å²) in [5.74, 6) is -0.177. The quantitative estimate of drug-likeness (QED) is 0.235.